The van der Waals surface area contributed by atoms with Gasteiger partial charge in [-0.25, -0.2) is 19.9 Å². The Balaban J connectivity index is 2.78. The van der Waals surface area contributed by atoms with Crippen molar-refractivity contribution in [2.75, 3.05) is 11.5 Å². The third-order valence-corrected chi connectivity index (χ3v) is 2.32. The zero-order valence-corrected chi connectivity index (χ0v) is 9.36. The van der Waals surface area contributed by atoms with E-state index in [-0.39, 0.29) is 0 Å². The Labute approximate surface area is 93.1 Å². The third kappa shape index (κ3) is 1.62. The highest BCUT2D eigenvalue weighted by Gasteiger charge is 2.10. The largest absolute Gasteiger partial charge is 0.382 e. The first-order chi connectivity index (χ1) is 7.65. The second-order valence-electron chi connectivity index (χ2n) is 3.45. The Morgan fingerprint density at radius 2 is 1.12 bits per heavy atom. The highest BCUT2D eigenvalue weighted by Crippen LogP contribution is 2.20. The molecule has 6 heteroatoms. The lowest BCUT2D eigenvalue weighted by Crippen LogP contribution is -2.07. The lowest BCUT2D eigenvalue weighted by Gasteiger charge is -2.06. The molecule has 2 aromatic heterocycles. The second-order valence-corrected chi connectivity index (χ2v) is 3.45. The van der Waals surface area contributed by atoms with Crippen molar-refractivity contribution in [1.82, 2.24) is 19.9 Å². The molecule has 0 unspecified atom stereocenters. The van der Waals surface area contributed by atoms with Crippen molar-refractivity contribution in [3.05, 3.63) is 11.6 Å². The molecule has 2 rings (SSSR count). The molecule has 2 aromatic rings. The van der Waals surface area contributed by atoms with Crippen LogP contribution in [0.15, 0.2) is 0 Å². The lowest BCUT2D eigenvalue weighted by molar-refractivity contribution is 0.934. The number of anilines is 2. The van der Waals surface area contributed by atoms with Crippen LogP contribution in [0, 0.1) is 0 Å². The number of rotatable bonds is 2. The van der Waals surface area contributed by atoms with Crippen LogP contribution in [0.4, 0.5) is 11.6 Å². The fourth-order valence-corrected chi connectivity index (χ4v) is 1.47. The minimum absolute atomic E-state index is 0.366. The van der Waals surface area contributed by atoms with Crippen molar-refractivity contribution in [3.8, 4) is 0 Å². The Morgan fingerprint density at radius 3 is 1.44 bits per heavy atom. The smallest absolute Gasteiger partial charge is 0.154 e. The van der Waals surface area contributed by atoms with E-state index < -0.39 is 0 Å². The van der Waals surface area contributed by atoms with Gasteiger partial charge in [-0.2, -0.15) is 0 Å². The molecule has 4 N–H and O–H groups in total. The van der Waals surface area contributed by atoms with Crippen LogP contribution in [0.25, 0.3) is 11.0 Å². The summed E-state index contributed by atoms with van der Waals surface area (Å²) in [4.78, 5) is 16.9. The van der Waals surface area contributed by atoms with Crippen LogP contribution >= 0.6 is 0 Å². The van der Waals surface area contributed by atoms with Crippen molar-refractivity contribution in [2.24, 2.45) is 0 Å². The SMILES string of the molecule is CCc1nc(N)c2nc(CC)nc(N)c2n1. The zero-order valence-electron chi connectivity index (χ0n) is 9.36. The van der Waals surface area contributed by atoms with Gasteiger partial charge in [0, 0.05) is 12.8 Å². The van der Waals surface area contributed by atoms with Crippen LogP contribution in [-0.4, -0.2) is 19.9 Å². The molecule has 2 heterocycles. The normalized spacial score (nSPS) is 10.9. The van der Waals surface area contributed by atoms with Gasteiger partial charge in [0.25, 0.3) is 0 Å². The standard InChI is InChI=1S/C10H14N6/c1-3-5-13-7-8(9(11)15-5)14-6(4-2)16-10(7)12/h3-4H2,1-2H3,(H2,11,13,15)(H2,12,14,16). The maximum Gasteiger partial charge on any atom is 0.154 e. The minimum Gasteiger partial charge on any atom is -0.382 e. The molecule has 0 radical (unpaired) electrons. The van der Waals surface area contributed by atoms with E-state index in [4.69, 9.17) is 11.5 Å². The molecule has 0 aliphatic rings. The summed E-state index contributed by atoms with van der Waals surface area (Å²) in [6.45, 7) is 3.91. The van der Waals surface area contributed by atoms with Crippen LogP contribution in [0.1, 0.15) is 25.5 Å². The highest BCUT2D eigenvalue weighted by atomic mass is 15.0. The molecule has 6 nitrogen and oxygen atoms in total. The first-order valence-corrected chi connectivity index (χ1v) is 5.24. The Bertz CT molecular complexity index is 487. The van der Waals surface area contributed by atoms with E-state index in [1.54, 1.807) is 0 Å². The highest BCUT2D eigenvalue weighted by molar-refractivity contribution is 5.90. The topological polar surface area (TPSA) is 104 Å². The monoisotopic (exact) mass is 218 g/mol. The average Bonchev–Trinajstić information content (AvgIpc) is 2.29. The van der Waals surface area contributed by atoms with Crippen LogP contribution in [0.2, 0.25) is 0 Å². The van der Waals surface area contributed by atoms with Gasteiger partial charge >= 0.3 is 0 Å². The summed E-state index contributed by atoms with van der Waals surface area (Å²) in [7, 11) is 0. The minimum atomic E-state index is 0.366. The summed E-state index contributed by atoms with van der Waals surface area (Å²) < 4.78 is 0. The van der Waals surface area contributed by atoms with E-state index in [9.17, 15) is 0 Å². The van der Waals surface area contributed by atoms with Gasteiger partial charge in [0.05, 0.1) is 0 Å². The van der Waals surface area contributed by atoms with E-state index in [2.05, 4.69) is 19.9 Å². The Kier molecular flexibility index (Phi) is 2.55. The van der Waals surface area contributed by atoms with Gasteiger partial charge in [0.2, 0.25) is 0 Å². The third-order valence-electron chi connectivity index (χ3n) is 2.32. The molecule has 0 saturated carbocycles. The van der Waals surface area contributed by atoms with Crippen molar-refractivity contribution in [3.63, 3.8) is 0 Å². The van der Waals surface area contributed by atoms with E-state index >= 15 is 0 Å². The molecule has 0 atom stereocenters. The fourth-order valence-electron chi connectivity index (χ4n) is 1.47. The lowest BCUT2D eigenvalue weighted by atomic mass is 10.3. The van der Waals surface area contributed by atoms with E-state index in [0.717, 1.165) is 0 Å². The molecule has 84 valence electrons. The number of nitrogen functional groups attached to an aromatic ring is 2. The molecule has 0 saturated heterocycles. The summed E-state index contributed by atoms with van der Waals surface area (Å²) in [6.07, 6.45) is 1.41. The molecular formula is C10H14N6. The van der Waals surface area contributed by atoms with Gasteiger partial charge in [-0.15, -0.1) is 0 Å². The van der Waals surface area contributed by atoms with Crippen molar-refractivity contribution in [2.45, 2.75) is 26.7 Å². The quantitative estimate of drug-likeness (QED) is 0.769. The van der Waals surface area contributed by atoms with Gasteiger partial charge in [-0.3, -0.25) is 0 Å². The molecule has 0 fully saturated rings. The predicted octanol–water partition coefficient (Wildman–Crippen LogP) is 0.709. The number of aryl methyl sites for hydroxylation is 2. The summed E-state index contributed by atoms with van der Waals surface area (Å²) >= 11 is 0. The predicted molar refractivity (Wildman–Crippen MR) is 62.7 cm³/mol. The zero-order chi connectivity index (χ0) is 11.7. The van der Waals surface area contributed by atoms with E-state index in [1.807, 2.05) is 13.8 Å². The van der Waals surface area contributed by atoms with Gasteiger partial charge < -0.3 is 11.5 Å². The summed E-state index contributed by atoms with van der Waals surface area (Å²) in [5.41, 5.74) is 12.7. The van der Waals surface area contributed by atoms with Crippen molar-refractivity contribution < 1.29 is 0 Å². The first-order valence-electron chi connectivity index (χ1n) is 5.24. The maximum absolute atomic E-state index is 5.83. The molecule has 0 bridgehead atoms. The van der Waals surface area contributed by atoms with Crippen LogP contribution < -0.4 is 11.5 Å². The first kappa shape index (κ1) is 10.5. The molecule has 0 amide bonds. The summed E-state index contributed by atoms with van der Waals surface area (Å²) in [6, 6.07) is 0. The fraction of sp³-hybridized carbons (Fsp3) is 0.400. The summed E-state index contributed by atoms with van der Waals surface area (Å²) in [5, 5.41) is 0. The van der Waals surface area contributed by atoms with Crippen molar-refractivity contribution in [1.29, 1.82) is 0 Å². The van der Waals surface area contributed by atoms with Gasteiger partial charge in [-0.05, 0) is 0 Å². The number of hydrogen-bond acceptors (Lipinski definition) is 6. The van der Waals surface area contributed by atoms with Gasteiger partial charge in [0.1, 0.15) is 22.7 Å². The molecule has 16 heavy (non-hydrogen) atoms. The molecule has 0 aliphatic heterocycles. The molecular weight excluding hydrogens is 204 g/mol. The Morgan fingerprint density at radius 1 is 0.750 bits per heavy atom. The second kappa shape index (κ2) is 3.88. The molecule has 0 spiro atoms. The maximum atomic E-state index is 5.83. The van der Waals surface area contributed by atoms with Gasteiger partial charge in [0.15, 0.2) is 11.6 Å². The molecule has 0 aromatic carbocycles. The number of aromatic nitrogens is 4. The van der Waals surface area contributed by atoms with E-state index in [0.29, 0.717) is 47.2 Å². The van der Waals surface area contributed by atoms with Crippen LogP contribution in [0.5, 0.6) is 0 Å². The van der Waals surface area contributed by atoms with E-state index in [1.165, 1.54) is 0 Å². The van der Waals surface area contributed by atoms with Crippen LogP contribution in [0.3, 0.4) is 0 Å². The summed E-state index contributed by atoms with van der Waals surface area (Å²) in [5.74, 6) is 2.05. The van der Waals surface area contributed by atoms with Gasteiger partial charge in [-0.1, -0.05) is 13.8 Å². The molecule has 0 aliphatic carbocycles. The van der Waals surface area contributed by atoms with Crippen molar-refractivity contribution >= 4 is 22.7 Å². The van der Waals surface area contributed by atoms with Crippen LogP contribution in [-0.2, 0) is 12.8 Å². The Hall–Kier alpha value is -1.98. The number of fused-ring (bicyclic) bond motifs is 1. The number of hydrogen-bond donors (Lipinski definition) is 2. The average molecular weight is 218 g/mol. The number of nitrogens with zero attached hydrogens (tertiary/aromatic N) is 4. The number of nitrogens with two attached hydrogens (primary N) is 2.